The summed E-state index contributed by atoms with van der Waals surface area (Å²) in [5, 5.41) is 0. The molecule has 0 unspecified atom stereocenters. The summed E-state index contributed by atoms with van der Waals surface area (Å²) in [5.41, 5.74) is 0. The molecule has 6 heavy (non-hydrogen) atoms. The van der Waals surface area contributed by atoms with Crippen LogP contribution in [0.2, 0.25) is 0 Å². The van der Waals surface area contributed by atoms with Gasteiger partial charge in [-0.2, -0.15) is 0 Å². The van der Waals surface area contributed by atoms with Gasteiger partial charge in [0.2, 0.25) is 0 Å². The Hall–Kier alpha value is 1.26. The first-order valence-corrected chi connectivity index (χ1v) is 1.37. The molecular weight excluding hydrogens is 197 g/mol. The summed E-state index contributed by atoms with van der Waals surface area (Å²) >= 11 is 0. The Kier molecular flexibility index (Phi) is 5.35. The summed E-state index contributed by atoms with van der Waals surface area (Å²) in [7, 11) is 0. The largest absolute Gasteiger partial charge is 1.00 e. The first kappa shape index (κ1) is 7.26. The minimum absolute atomic E-state index is 0. The van der Waals surface area contributed by atoms with Crippen LogP contribution in [0, 0.1) is 0 Å². The fourth-order valence-electron chi connectivity index (χ4n) is 0.192. The quantitative estimate of drug-likeness (QED) is 0.447. The summed E-state index contributed by atoms with van der Waals surface area (Å²) in [6.45, 7) is 0. The molecule has 0 N–H and O–H groups in total. The number of imidazole rings is 1. The van der Waals surface area contributed by atoms with Crippen LogP contribution in [0.3, 0.4) is 0 Å². The van der Waals surface area contributed by atoms with Crippen molar-refractivity contribution in [3.8, 4) is 0 Å². The van der Waals surface area contributed by atoms with Crippen molar-refractivity contribution in [1.29, 1.82) is 0 Å². The van der Waals surface area contributed by atoms with Crippen molar-refractivity contribution >= 4 is 0 Å². The number of hydrogen-bond donors (Lipinski definition) is 0. The first-order chi connectivity index (χ1) is 2.50. The molecule has 0 aromatic carbocycles. The molecule has 1 aromatic heterocycles. The minimum Gasteiger partial charge on any atom is -0.450 e. The van der Waals surface area contributed by atoms with Gasteiger partial charge in [0.1, 0.15) is 0 Å². The zero-order valence-electron chi connectivity index (χ0n) is 3.63. The van der Waals surface area contributed by atoms with E-state index in [1.807, 2.05) is 0 Å². The van der Waals surface area contributed by atoms with E-state index in [-0.39, 0.29) is 68.9 Å². The van der Waals surface area contributed by atoms with Crippen molar-refractivity contribution in [2.24, 2.45) is 0 Å². The van der Waals surface area contributed by atoms with Gasteiger partial charge >= 0.3 is 68.9 Å². The summed E-state index contributed by atoms with van der Waals surface area (Å²) < 4.78 is 0. The van der Waals surface area contributed by atoms with E-state index in [0.29, 0.717) is 0 Å². The van der Waals surface area contributed by atoms with Crippen molar-refractivity contribution in [3.05, 3.63) is 18.7 Å². The molecule has 0 aliphatic carbocycles. The maximum atomic E-state index is 3.61. The minimum atomic E-state index is 0. The second kappa shape index (κ2) is 4.42. The van der Waals surface area contributed by atoms with Crippen LogP contribution in [0.5, 0.6) is 0 Å². The molecule has 0 spiro atoms. The standard InChI is InChI=1S/C3H3N2.Cs/c1-2-5-3-4-1;/h1-3H;/q-1;+1. The Morgan fingerprint density at radius 1 is 1.50 bits per heavy atom. The summed E-state index contributed by atoms with van der Waals surface area (Å²) in [6.07, 6.45) is 4.78. The molecule has 0 aliphatic rings. The number of nitrogens with zero attached hydrogens (tertiary/aromatic N) is 2. The van der Waals surface area contributed by atoms with Crippen LogP contribution < -0.4 is 73.9 Å². The molecule has 26 valence electrons. The molecule has 1 aromatic rings. The monoisotopic (exact) mass is 200 g/mol. The molecule has 0 saturated carbocycles. The predicted molar refractivity (Wildman–Crippen MR) is 17.6 cm³/mol. The van der Waals surface area contributed by atoms with Crippen LogP contribution in [0.15, 0.2) is 18.7 Å². The topological polar surface area (TPSA) is 27.0 Å². The fraction of sp³-hybridized carbons (Fsp3) is 0. The molecular formula is C3H3CsN2. The molecule has 0 bridgehead atoms. The van der Waals surface area contributed by atoms with Gasteiger partial charge in [0.05, 0.1) is 0 Å². The van der Waals surface area contributed by atoms with Crippen molar-refractivity contribution in [2.45, 2.75) is 0 Å². The molecule has 0 aliphatic heterocycles. The van der Waals surface area contributed by atoms with E-state index in [0.717, 1.165) is 0 Å². The van der Waals surface area contributed by atoms with E-state index in [1.165, 1.54) is 6.33 Å². The maximum absolute atomic E-state index is 3.61. The van der Waals surface area contributed by atoms with Gasteiger partial charge in [-0.05, 0) is 0 Å². The van der Waals surface area contributed by atoms with Crippen LogP contribution in [0.1, 0.15) is 0 Å². The predicted octanol–water partition coefficient (Wildman–Crippen LogP) is -2.96. The van der Waals surface area contributed by atoms with Crippen molar-refractivity contribution < 1.29 is 68.9 Å². The zero-order valence-corrected chi connectivity index (χ0v) is 9.91. The van der Waals surface area contributed by atoms with Crippen molar-refractivity contribution in [2.75, 3.05) is 0 Å². The van der Waals surface area contributed by atoms with Gasteiger partial charge in [0.15, 0.2) is 0 Å². The van der Waals surface area contributed by atoms with Crippen LogP contribution >= 0.6 is 0 Å². The summed E-state index contributed by atoms with van der Waals surface area (Å²) in [6, 6.07) is 0. The SMILES string of the molecule is [Cs+].c1c[n-]cn1. The van der Waals surface area contributed by atoms with E-state index in [4.69, 9.17) is 0 Å². The first-order valence-electron chi connectivity index (χ1n) is 1.37. The molecule has 0 saturated heterocycles. The second-order valence-corrected chi connectivity index (χ2v) is 0.712. The summed E-state index contributed by atoms with van der Waals surface area (Å²) in [5.74, 6) is 0. The number of rotatable bonds is 0. The van der Waals surface area contributed by atoms with Gasteiger partial charge in [-0.15, -0.1) is 0 Å². The molecule has 3 heteroatoms. The smallest absolute Gasteiger partial charge is 0.450 e. The van der Waals surface area contributed by atoms with Gasteiger partial charge < -0.3 is 9.97 Å². The Morgan fingerprint density at radius 2 is 2.33 bits per heavy atom. The van der Waals surface area contributed by atoms with E-state index in [1.54, 1.807) is 12.4 Å². The van der Waals surface area contributed by atoms with Crippen LogP contribution in [0.25, 0.3) is 0 Å². The van der Waals surface area contributed by atoms with Gasteiger partial charge in [-0.25, -0.2) is 0 Å². The fourth-order valence-corrected chi connectivity index (χ4v) is 0.192. The second-order valence-electron chi connectivity index (χ2n) is 0.712. The molecule has 2 nitrogen and oxygen atoms in total. The van der Waals surface area contributed by atoms with Crippen molar-refractivity contribution in [1.82, 2.24) is 9.97 Å². The molecule has 0 radical (unpaired) electrons. The third-order valence-corrected chi connectivity index (χ3v) is 0.372. The average Bonchev–Trinajstić information content (AvgIpc) is 1.76. The molecule has 0 atom stereocenters. The Morgan fingerprint density at radius 3 is 2.50 bits per heavy atom. The maximum Gasteiger partial charge on any atom is 1.00 e. The normalized spacial score (nSPS) is 6.67. The Balaban J connectivity index is 0.000000250. The van der Waals surface area contributed by atoms with Crippen LogP contribution in [0.4, 0.5) is 0 Å². The van der Waals surface area contributed by atoms with E-state index in [2.05, 4.69) is 9.97 Å². The van der Waals surface area contributed by atoms with E-state index >= 15 is 0 Å². The Labute approximate surface area is 95.2 Å². The van der Waals surface area contributed by atoms with E-state index < -0.39 is 0 Å². The Bertz CT molecular complexity index is 65.3. The van der Waals surface area contributed by atoms with Gasteiger partial charge in [-0.1, -0.05) is 18.7 Å². The molecule has 0 amide bonds. The van der Waals surface area contributed by atoms with E-state index in [9.17, 15) is 0 Å². The number of aromatic nitrogens is 2. The molecule has 1 rings (SSSR count). The van der Waals surface area contributed by atoms with Gasteiger partial charge in [0, 0.05) is 0 Å². The zero-order chi connectivity index (χ0) is 3.54. The third-order valence-electron chi connectivity index (χ3n) is 0.372. The average molecular weight is 200 g/mol. The van der Waals surface area contributed by atoms with Crippen molar-refractivity contribution in [3.63, 3.8) is 0 Å². The number of hydrogen-bond acceptors (Lipinski definition) is 1. The third kappa shape index (κ3) is 2.44. The van der Waals surface area contributed by atoms with Crippen LogP contribution in [-0.4, -0.2) is 4.98 Å². The van der Waals surface area contributed by atoms with Gasteiger partial charge in [0.25, 0.3) is 0 Å². The van der Waals surface area contributed by atoms with Gasteiger partial charge in [-0.3, -0.25) is 0 Å². The molecule has 0 fully saturated rings. The van der Waals surface area contributed by atoms with Crippen LogP contribution in [-0.2, 0) is 0 Å². The summed E-state index contributed by atoms with van der Waals surface area (Å²) in [4.78, 5) is 7.22. The molecule has 1 heterocycles.